The smallest absolute Gasteiger partial charge is 0.191 e. The zero-order chi connectivity index (χ0) is 19.9. The van der Waals surface area contributed by atoms with E-state index in [-0.39, 0.29) is 24.0 Å². The van der Waals surface area contributed by atoms with E-state index in [9.17, 15) is 0 Å². The number of benzene rings is 1. The number of methoxy groups -OCH3 is 1. The van der Waals surface area contributed by atoms with Gasteiger partial charge in [-0.05, 0) is 30.9 Å². The van der Waals surface area contributed by atoms with Gasteiger partial charge in [0.05, 0.1) is 6.61 Å². The highest BCUT2D eigenvalue weighted by Crippen LogP contribution is 2.20. The molecule has 162 valence electrons. The van der Waals surface area contributed by atoms with Crippen LogP contribution < -0.4 is 15.4 Å². The zero-order valence-electron chi connectivity index (χ0n) is 18.0. The Morgan fingerprint density at radius 3 is 2.57 bits per heavy atom. The van der Waals surface area contributed by atoms with Crippen LogP contribution in [0.5, 0.6) is 5.75 Å². The molecule has 6 nitrogen and oxygen atoms in total. The maximum atomic E-state index is 5.93. The molecule has 0 aliphatic rings. The SMILES string of the molecule is CN=C(NCCCOCC(C)C)NCc1ccc(C)cc1OCCCOC.I. The predicted octanol–water partition coefficient (Wildman–Crippen LogP) is 3.76. The molecular formula is C21H38IN3O3. The number of aryl methyl sites for hydroxylation is 1. The highest BCUT2D eigenvalue weighted by atomic mass is 127. The largest absolute Gasteiger partial charge is 0.493 e. The molecule has 0 unspecified atom stereocenters. The molecule has 0 amide bonds. The lowest BCUT2D eigenvalue weighted by Gasteiger charge is -2.15. The second-order valence-corrected chi connectivity index (χ2v) is 6.98. The van der Waals surface area contributed by atoms with Gasteiger partial charge in [-0.3, -0.25) is 4.99 Å². The predicted molar refractivity (Wildman–Crippen MR) is 127 cm³/mol. The molecule has 0 saturated heterocycles. The lowest BCUT2D eigenvalue weighted by molar-refractivity contribution is 0.108. The second kappa shape index (κ2) is 16.9. The van der Waals surface area contributed by atoms with Gasteiger partial charge in [-0.2, -0.15) is 0 Å². The van der Waals surface area contributed by atoms with E-state index >= 15 is 0 Å². The summed E-state index contributed by atoms with van der Waals surface area (Å²) in [6.45, 7) is 10.8. The number of nitrogens with one attached hydrogen (secondary N) is 2. The van der Waals surface area contributed by atoms with Gasteiger partial charge in [0, 0.05) is 59.1 Å². The average Bonchev–Trinajstić information content (AvgIpc) is 2.65. The van der Waals surface area contributed by atoms with Crippen LogP contribution in [0.15, 0.2) is 23.2 Å². The summed E-state index contributed by atoms with van der Waals surface area (Å²) in [7, 11) is 3.49. The van der Waals surface area contributed by atoms with Gasteiger partial charge < -0.3 is 24.8 Å². The molecule has 28 heavy (non-hydrogen) atoms. The van der Waals surface area contributed by atoms with Crippen LogP contribution in [0, 0.1) is 12.8 Å². The Kier molecular flexibility index (Phi) is 16.2. The minimum absolute atomic E-state index is 0. The maximum Gasteiger partial charge on any atom is 0.191 e. The van der Waals surface area contributed by atoms with Crippen LogP contribution in [0.1, 0.15) is 37.8 Å². The molecule has 0 heterocycles. The number of hydrogen-bond donors (Lipinski definition) is 2. The van der Waals surface area contributed by atoms with Gasteiger partial charge >= 0.3 is 0 Å². The molecule has 0 saturated carbocycles. The van der Waals surface area contributed by atoms with Crippen molar-refractivity contribution in [2.75, 3.05) is 47.1 Å². The highest BCUT2D eigenvalue weighted by Gasteiger charge is 2.06. The van der Waals surface area contributed by atoms with Crippen LogP contribution in [0.25, 0.3) is 0 Å². The standard InChI is InChI=1S/C21H37N3O3.HI/c1-17(2)16-26-12-6-10-23-21(22-4)24-15-19-9-8-18(3)14-20(19)27-13-7-11-25-5;/h8-9,14,17H,6-7,10-13,15-16H2,1-5H3,(H2,22,23,24);1H. The van der Waals surface area contributed by atoms with Crippen molar-refractivity contribution in [3.8, 4) is 5.75 Å². The first kappa shape index (κ1) is 26.9. The van der Waals surface area contributed by atoms with E-state index in [1.807, 2.05) is 0 Å². The topological polar surface area (TPSA) is 64.1 Å². The molecule has 2 N–H and O–H groups in total. The van der Waals surface area contributed by atoms with Gasteiger partial charge in [0.25, 0.3) is 0 Å². The number of rotatable bonds is 13. The van der Waals surface area contributed by atoms with Gasteiger partial charge in [0.15, 0.2) is 5.96 Å². The molecule has 0 aliphatic heterocycles. The first-order valence-corrected chi connectivity index (χ1v) is 9.80. The molecule has 0 atom stereocenters. The van der Waals surface area contributed by atoms with Crippen molar-refractivity contribution in [3.63, 3.8) is 0 Å². The van der Waals surface area contributed by atoms with Crippen molar-refractivity contribution in [3.05, 3.63) is 29.3 Å². The van der Waals surface area contributed by atoms with Gasteiger partial charge in [0.2, 0.25) is 0 Å². The summed E-state index contributed by atoms with van der Waals surface area (Å²) in [5.41, 5.74) is 2.30. The Morgan fingerprint density at radius 1 is 1.11 bits per heavy atom. The normalized spacial score (nSPS) is 11.3. The van der Waals surface area contributed by atoms with Crippen molar-refractivity contribution in [1.29, 1.82) is 0 Å². The fourth-order valence-corrected chi connectivity index (χ4v) is 2.43. The van der Waals surface area contributed by atoms with Crippen LogP contribution in [-0.2, 0) is 16.0 Å². The molecule has 1 aromatic carbocycles. The quantitative estimate of drug-likeness (QED) is 0.184. The minimum atomic E-state index is 0. The van der Waals surface area contributed by atoms with E-state index in [0.717, 1.165) is 49.9 Å². The third kappa shape index (κ3) is 12.4. The van der Waals surface area contributed by atoms with Crippen LogP contribution >= 0.6 is 24.0 Å². The van der Waals surface area contributed by atoms with E-state index < -0.39 is 0 Å². The Hall–Kier alpha value is -1.06. The summed E-state index contributed by atoms with van der Waals surface area (Å²) in [5.74, 6) is 2.27. The van der Waals surface area contributed by atoms with Crippen LogP contribution in [-0.4, -0.2) is 53.1 Å². The Bertz CT molecular complexity index is 554. The number of hydrogen-bond acceptors (Lipinski definition) is 4. The molecule has 0 bridgehead atoms. The molecular weight excluding hydrogens is 469 g/mol. The number of guanidine groups is 1. The fraction of sp³-hybridized carbons (Fsp3) is 0.667. The van der Waals surface area contributed by atoms with Gasteiger partial charge in [0.1, 0.15) is 5.75 Å². The van der Waals surface area contributed by atoms with E-state index in [4.69, 9.17) is 14.2 Å². The summed E-state index contributed by atoms with van der Waals surface area (Å²) in [4.78, 5) is 4.28. The Labute approximate surface area is 187 Å². The minimum Gasteiger partial charge on any atom is -0.493 e. The van der Waals surface area contributed by atoms with Gasteiger partial charge in [-0.25, -0.2) is 0 Å². The second-order valence-electron chi connectivity index (χ2n) is 6.98. The number of nitrogens with zero attached hydrogens (tertiary/aromatic N) is 1. The molecule has 0 fully saturated rings. The Balaban J connectivity index is 0.00000729. The van der Waals surface area contributed by atoms with Crippen molar-refractivity contribution >= 4 is 29.9 Å². The van der Waals surface area contributed by atoms with E-state index in [1.165, 1.54) is 5.56 Å². The van der Waals surface area contributed by atoms with E-state index in [1.54, 1.807) is 14.2 Å². The summed E-state index contributed by atoms with van der Waals surface area (Å²) in [6, 6.07) is 6.27. The highest BCUT2D eigenvalue weighted by molar-refractivity contribution is 14.0. The molecule has 1 rings (SSSR count). The van der Waals surface area contributed by atoms with Crippen molar-refractivity contribution in [2.45, 2.75) is 40.2 Å². The van der Waals surface area contributed by atoms with E-state index in [0.29, 0.717) is 25.7 Å². The molecule has 0 aromatic heterocycles. The molecule has 0 aliphatic carbocycles. The molecule has 1 aromatic rings. The van der Waals surface area contributed by atoms with Gasteiger partial charge in [-0.1, -0.05) is 26.0 Å². The molecule has 0 radical (unpaired) electrons. The lowest BCUT2D eigenvalue weighted by atomic mass is 10.1. The summed E-state index contributed by atoms with van der Waals surface area (Å²) >= 11 is 0. The summed E-state index contributed by atoms with van der Waals surface area (Å²) < 4.78 is 16.6. The van der Waals surface area contributed by atoms with Crippen molar-refractivity contribution < 1.29 is 14.2 Å². The number of ether oxygens (including phenoxy) is 3. The van der Waals surface area contributed by atoms with E-state index in [2.05, 4.69) is 54.6 Å². The molecule has 7 heteroatoms. The first-order valence-electron chi connectivity index (χ1n) is 9.80. The van der Waals surface area contributed by atoms with Crippen LogP contribution in [0.2, 0.25) is 0 Å². The van der Waals surface area contributed by atoms with Crippen LogP contribution in [0.4, 0.5) is 0 Å². The maximum absolute atomic E-state index is 5.93. The summed E-state index contributed by atoms with van der Waals surface area (Å²) in [5, 5.41) is 6.67. The van der Waals surface area contributed by atoms with Crippen molar-refractivity contribution in [1.82, 2.24) is 10.6 Å². The Morgan fingerprint density at radius 2 is 1.89 bits per heavy atom. The number of aliphatic imine (C=N–C) groups is 1. The third-order valence-corrected chi connectivity index (χ3v) is 3.85. The lowest BCUT2D eigenvalue weighted by Crippen LogP contribution is -2.37. The summed E-state index contributed by atoms with van der Waals surface area (Å²) in [6.07, 6.45) is 1.82. The zero-order valence-corrected chi connectivity index (χ0v) is 20.4. The van der Waals surface area contributed by atoms with Crippen LogP contribution in [0.3, 0.4) is 0 Å². The first-order chi connectivity index (χ1) is 13.1. The number of halogens is 1. The fourth-order valence-electron chi connectivity index (χ4n) is 2.43. The average molecular weight is 507 g/mol. The van der Waals surface area contributed by atoms with Gasteiger partial charge in [-0.15, -0.1) is 24.0 Å². The molecule has 0 spiro atoms. The monoisotopic (exact) mass is 507 g/mol. The van der Waals surface area contributed by atoms with Crippen molar-refractivity contribution in [2.24, 2.45) is 10.9 Å². The third-order valence-electron chi connectivity index (χ3n) is 3.85.